The molecule has 258 valence electrons. The first kappa shape index (κ1) is 34.0. The summed E-state index contributed by atoms with van der Waals surface area (Å²) in [7, 11) is -2.24. The van der Waals surface area contributed by atoms with Crippen molar-refractivity contribution in [2.75, 3.05) is 74.9 Å². The maximum Gasteiger partial charge on any atom is 0.258 e. The van der Waals surface area contributed by atoms with Gasteiger partial charge in [0.1, 0.15) is 11.6 Å². The zero-order valence-corrected chi connectivity index (χ0v) is 28.3. The Hall–Kier alpha value is -3.92. The van der Waals surface area contributed by atoms with Gasteiger partial charge in [-0.25, -0.2) is 17.2 Å². The summed E-state index contributed by atoms with van der Waals surface area (Å²) >= 11 is 0. The SMILES string of the molecule is CN1CCN(c2ccc(C(=O)Nc3n[nH]c4c3CN(S(=O)(=O)c3cc(F)cc(F)c3)CC4(C)C)c(NC(=O)CN3CCCCC3)c2)CC1. The van der Waals surface area contributed by atoms with Gasteiger partial charge < -0.3 is 20.4 Å². The third-order valence-corrected chi connectivity index (χ3v) is 11.1. The Labute approximate surface area is 279 Å². The standard InChI is InChI=1S/C33H42F2N8O4S/c1-33(2)21-43(48(46,47)25-16-22(34)15-23(35)17-25)19-27-30(33)38-39-31(27)37-32(45)26-8-7-24(42-13-11-40(3)12-14-42)18-28(26)36-29(44)20-41-9-5-4-6-10-41/h7-8,15-18H,4-6,9-14,19-21H2,1-3H3,(H,36,44)(H2,37,38,39,45). The summed E-state index contributed by atoms with van der Waals surface area (Å²) in [6, 6.07) is 7.54. The Balaban J connectivity index is 1.27. The number of piperazine rings is 1. The fourth-order valence-electron chi connectivity index (χ4n) is 6.71. The highest BCUT2D eigenvalue weighted by Crippen LogP contribution is 2.38. The fourth-order valence-corrected chi connectivity index (χ4v) is 8.32. The van der Waals surface area contributed by atoms with Crippen LogP contribution in [0.4, 0.5) is 26.0 Å². The van der Waals surface area contributed by atoms with Gasteiger partial charge in [0.25, 0.3) is 5.91 Å². The summed E-state index contributed by atoms with van der Waals surface area (Å²) in [4.78, 5) is 33.2. The third-order valence-electron chi connectivity index (χ3n) is 9.36. The summed E-state index contributed by atoms with van der Waals surface area (Å²) < 4.78 is 56.2. The van der Waals surface area contributed by atoms with Gasteiger partial charge in [-0.2, -0.15) is 9.40 Å². The van der Waals surface area contributed by atoms with Gasteiger partial charge in [0, 0.05) is 67.7 Å². The summed E-state index contributed by atoms with van der Waals surface area (Å²) in [6.07, 6.45) is 3.24. The van der Waals surface area contributed by atoms with Crippen molar-refractivity contribution in [2.24, 2.45) is 0 Å². The van der Waals surface area contributed by atoms with E-state index in [4.69, 9.17) is 0 Å². The van der Waals surface area contributed by atoms with Crippen LogP contribution >= 0.6 is 0 Å². The second kappa shape index (κ2) is 13.5. The number of nitrogens with zero attached hydrogens (tertiary/aromatic N) is 5. The molecule has 2 saturated heterocycles. The monoisotopic (exact) mass is 684 g/mol. The average Bonchev–Trinajstić information content (AvgIpc) is 3.44. The van der Waals surface area contributed by atoms with Crippen molar-refractivity contribution in [1.82, 2.24) is 24.3 Å². The second-order valence-electron chi connectivity index (χ2n) is 13.5. The van der Waals surface area contributed by atoms with E-state index < -0.39 is 37.9 Å². The van der Waals surface area contributed by atoms with Crippen LogP contribution in [0.2, 0.25) is 0 Å². The third kappa shape index (κ3) is 7.23. The fraction of sp³-hybridized carbons (Fsp3) is 0.485. The van der Waals surface area contributed by atoms with Gasteiger partial charge in [0.15, 0.2) is 5.82 Å². The minimum absolute atomic E-state index is 0.0109. The normalized spacial score (nSPS) is 19.1. The predicted octanol–water partition coefficient (Wildman–Crippen LogP) is 3.60. The molecule has 15 heteroatoms. The van der Waals surface area contributed by atoms with Crippen molar-refractivity contribution in [2.45, 2.75) is 50.0 Å². The zero-order chi connectivity index (χ0) is 34.2. The number of H-pyrrole nitrogens is 1. The Kier molecular flexibility index (Phi) is 9.57. The Morgan fingerprint density at radius 1 is 0.938 bits per heavy atom. The van der Waals surface area contributed by atoms with Crippen LogP contribution in [0.25, 0.3) is 0 Å². The molecule has 0 radical (unpaired) electrons. The van der Waals surface area contributed by atoms with Crippen molar-refractivity contribution in [3.05, 3.63) is 64.9 Å². The summed E-state index contributed by atoms with van der Waals surface area (Å²) in [6.45, 7) is 8.77. The average molecular weight is 685 g/mol. The largest absolute Gasteiger partial charge is 0.369 e. The molecule has 3 N–H and O–H groups in total. The quantitative estimate of drug-likeness (QED) is 0.328. The van der Waals surface area contributed by atoms with Crippen molar-refractivity contribution in [3.63, 3.8) is 0 Å². The smallest absolute Gasteiger partial charge is 0.258 e. The van der Waals surface area contributed by atoms with Crippen LogP contribution in [0, 0.1) is 11.6 Å². The number of benzene rings is 2. The van der Waals surface area contributed by atoms with Crippen LogP contribution in [0.3, 0.4) is 0 Å². The Bertz CT molecular complexity index is 1780. The molecule has 3 aliphatic heterocycles. The van der Waals surface area contributed by atoms with E-state index in [0.29, 0.717) is 23.0 Å². The number of aromatic nitrogens is 2. The minimum Gasteiger partial charge on any atom is -0.369 e. The van der Waals surface area contributed by atoms with Crippen molar-refractivity contribution in [1.29, 1.82) is 0 Å². The lowest BCUT2D eigenvalue weighted by atomic mass is 9.84. The van der Waals surface area contributed by atoms with E-state index in [0.717, 1.165) is 80.7 Å². The summed E-state index contributed by atoms with van der Waals surface area (Å²) in [5, 5.41) is 13.1. The molecule has 3 aromatic rings. The number of anilines is 3. The van der Waals surface area contributed by atoms with Gasteiger partial charge >= 0.3 is 0 Å². The van der Waals surface area contributed by atoms with Crippen LogP contribution in [0.1, 0.15) is 54.7 Å². The molecular weight excluding hydrogens is 642 g/mol. The van der Waals surface area contributed by atoms with Gasteiger partial charge in [0.2, 0.25) is 15.9 Å². The number of likely N-dealkylation sites (tertiary alicyclic amines) is 1. The van der Waals surface area contributed by atoms with Gasteiger partial charge in [-0.05, 0) is 63.3 Å². The number of likely N-dealkylation sites (N-methyl/N-ethyl adjacent to an activating group) is 1. The summed E-state index contributed by atoms with van der Waals surface area (Å²) in [5.74, 6) is -2.62. The highest BCUT2D eigenvalue weighted by atomic mass is 32.2. The lowest BCUT2D eigenvalue weighted by Gasteiger charge is -2.36. The Morgan fingerprint density at radius 2 is 1.62 bits per heavy atom. The number of aromatic amines is 1. The lowest BCUT2D eigenvalue weighted by molar-refractivity contribution is -0.117. The van der Waals surface area contributed by atoms with E-state index in [2.05, 4.69) is 42.6 Å². The van der Waals surface area contributed by atoms with Crippen molar-refractivity contribution < 1.29 is 26.8 Å². The second-order valence-corrected chi connectivity index (χ2v) is 15.5. The molecular formula is C33H42F2N8O4S. The van der Waals surface area contributed by atoms with E-state index >= 15 is 0 Å². The topological polar surface area (TPSA) is 134 Å². The molecule has 2 amide bonds. The molecule has 0 aliphatic carbocycles. The number of nitrogens with one attached hydrogen (secondary N) is 3. The number of piperidine rings is 1. The molecule has 3 aliphatic rings. The van der Waals surface area contributed by atoms with E-state index in [-0.39, 0.29) is 36.9 Å². The molecule has 4 heterocycles. The van der Waals surface area contributed by atoms with Gasteiger partial charge in [-0.1, -0.05) is 20.3 Å². The van der Waals surface area contributed by atoms with Crippen LogP contribution in [0.15, 0.2) is 41.3 Å². The molecule has 0 spiro atoms. The number of hydrogen-bond donors (Lipinski definition) is 3. The Morgan fingerprint density at radius 3 is 2.31 bits per heavy atom. The molecule has 0 saturated carbocycles. The number of sulfonamides is 1. The van der Waals surface area contributed by atoms with E-state index in [1.54, 1.807) is 6.07 Å². The molecule has 0 bridgehead atoms. The number of amides is 2. The molecule has 6 rings (SSSR count). The number of halogens is 2. The lowest BCUT2D eigenvalue weighted by Crippen LogP contribution is -2.45. The van der Waals surface area contributed by atoms with E-state index in [1.807, 2.05) is 26.0 Å². The molecule has 48 heavy (non-hydrogen) atoms. The maximum atomic E-state index is 14.0. The zero-order valence-electron chi connectivity index (χ0n) is 27.5. The number of rotatable bonds is 8. The molecule has 1 aromatic heterocycles. The van der Waals surface area contributed by atoms with E-state index in [9.17, 15) is 26.8 Å². The van der Waals surface area contributed by atoms with Crippen LogP contribution in [-0.2, 0) is 26.8 Å². The van der Waals surface area contributed by atoms with Gasteiger partial charge in [-0.15, -0.1) is 0 Å². The molecule has 2 fully saturated rings. The van der Waals surface area contributed by atoms with E-state index in [1.165, 1.54) is 0 Å². The van der Waals surface area contributed by atoms with Crippen molar-refractivity contribution >= 4 is 39.0 Å². The first-order valence-corrected chi connectivity index (χ1v) is 17.7. The van der Waals surface area contributed by atoms with Crippen LogP contribution in [0.5, 0.6) is 0 Å². The molecule has 0 atom stereocenters. The first-order valence-electron chi connectivity index (χ1n) is 16.3. The first-order chi connectivity index (χ1) is 22.8. The molecule has 12 nitrogen and oxygen atoms in total. The molecule has 2 aromatic carbocycles. The van der Waals surface area contributed by atoms with Crippen molar-refractivity contribution in [3.8, 4) is 0 Å². The highest BCUT2D eigenvalue weighted by Gasteiger charge is 2.41. The predicted molar refractivity (Wildman–Crippen MR) is 179 cm³/mol. The molecule has 0 unspecified atom stereocenters. The minimum atomic E-state index is -4.31. The van der Waals surface area contributed by atoms with Crippen LogP contribution < -0.4 is 15.5 Å². The maximum absolute atomic E-state index is 14.0. The van der Waals surface area contributed by atoms with Gasteiger partial charge in [0.05, 0.1) is 22.7 Å². The van der Waals surface area contributed by atoms with Crippen LogP contribution in [-0.4, -0.2) is 104 Å². The van der Waals surface area contributed by atoms with Gasteiger partial charge in [-0.3, -0.25) is 19.6 Å². The number of fused-ring (bicyclic) bond motifs is 1. The summed E-state index contributed by atoms with van der Waals surface area (Å²) in [5.41, 5.74) is 1.78. The number of carbonyl (C=O) groups is 2. The number of hydrogen-bond acceptors (Lipinski definition) is 8. The highest BCUT2D eigenvalue weighted by molar-refractivity contribution is 7.89. The number of carbonyl (C=O) groups excluding carboxylic acids is 2.